The molecule has 1 fully saturated rings. The van der Waals surface area contributed by atoms with E-state index in [0.29, 0.717) is 6.04 Å². The van der Waals surface area contributed by atoms with Crippen LogP contribution in [-0.4, -0.2) is 19.0 Å². The van der Waals surface area contributed by atoms with Gasteiger partial charge in [-0.25, -0.2) is 0 Å². The van der Waals surface area contributed by atoms with Gasteiger partial charge in [-0.05, 0) is 34.7 Å². The summed E-state index contributed by atoms with van der Waals surface area (Å²) in [5.41, 5.74) is 1.31. The van der Waals surface area contributed by atoms with Crippen LogP contribution in [0.25, 0.3) is 0 Å². The molecule has 0 radical (unpaired) electrons. The molecule has 1 aromatic rings. The van der Waals surface area contributed by atoms with Gasteiger partial charge in [0.2, 0.25) is 0 Å². The molecule has 1 heterocycles. The van der Waals surface area contributed by atoms with Gasteiger partial charge in [0.25, 0.3) is 0 Å². The first-order valence-electron chi connectivity index (χ1n) is 5.28. The summed E-state index contributed by atoms with van der Waals surface area (Å²) >= 11 is 1.73. The molecule has 2 unspecified atom stereocenters. The molecule has 0 aliphatic heterocycles. The van der Waals surface area contributed by atoms with Crippen LogP contribution in [0.5, 0.6) is 0 Å². The maximum atomic E-state index is 4.20. The minimum atomic E-state index is 0. The number of guanidine groups is 1. The lowest BCUT2D eigenvalue weighted by Gasteiger charge is -2.10. The Morgan fingerprint density at radius 1 is 1.62 bits per heavy atom. The van der Waals surface area contributed by atoms with Gasteiger partial charge >= 0.3 is 0 Å². The van der Waals surface area contributed by atoms with Crippen LogP contribution in [0.15, 0.2) is 21.8 Å². The van der Waals surface area contributed by atoms with Crippen molar-refractivity contribution in [2.45, 2.75) is 25.9 Å². The Morgan fingerprint density at radius 2 is 2.38 bits per heavy atom. The maximum absolute atomic E-state index is 4.20. The first kappa shape index (κ1) is 13.8. The standard InChI is InChI=1S/C11H17N3S.HI/c1-8-5-10(8)14-11(12-2)13-6-9-3-4-15-7-9;/h3-4,7-8,10H,5-6H2,1-2H3,(H2,12,13,14);1H. The van der Waals surface area contributed by atoms with Crippen molar-refractivity contribution in [2.24, 2.45) is 10.9 Å². The molecule has 0 spiro atoms. The number of hydrogen-bond acceptors (Lipinski definition) is 2. The van der Waals surface area contributed by atoms with E-state index in [-0.39, 0.29) is 24.0 Å². The normalized spacial score (nSPS) is 23.5. The fourth-order valence-corrected chi connectivity index (χ4v) is 2.14. The average molecular weight is 351 g/mol. The second kappa shape index (κ2) is 6.44. The molecule has 2 N–H and O–H groups in total. The Hall–Kier alpha value is -0.300. The molecule has 1 aromatic heterocycles. The lowest BCUT2D eigenvalue weighted by Crippen LogP contribution is -2.38. The molecule has 1 aliphatic carbocycles. The Balaban J connectivity index is 0.00000128. The Labute approximate surface area is 118 Å². The number of hydrogen-bond donors (Lipinski definition) is 2. The third-order valence-electron chi connectivity index (χ3n) is 2.70. The predicted molar refractivity (Wildman–Crippen MR) is 80.6 cm³/mol. The van der Waals surface area contributed by atoms with Crippen LogP contribution in [-0.2, 0) is 6.54 Å². The fraction of sp³-hybridized carbons (Fsp3) is 0.545. The zero-order chi connectivity index (χ0) is 10.7. The van der Waals surface area contributed by atoms with Gasteiger partial charge in [0.1, 0.15) is 0 Å². The molecule has 1 aliphatic rings. The zero-order valence-corrected chi connectivity index (χ0v) is 12.7. The van der Waals surface area contributed by atoms with Gasteiger partial charge in [-0.15, -0.1) is 24.0 Å². The van der Waals surface area contributed by atoms with Crippen LogP contribution in [0.1, 0.15) is 18.9 Å². The molecular formula is C11H18IN3S. The summed E-state index contributed by atoms with van der Waals surface area (Å²) in [4.78, 5) is 4.20. The van der Waals surface area contributed by atoms with Gasteiger partial charge in [0.15, 0.2) is 5.96 Å². The lowest BCUT2D eigenvalue weighted by atomic mass is 10.3. The number of halogens is 1. The van der Waals surface area contributed by atoms with Crippen LogP contribution in [0.3, 0.4) is 0 Å². The Morgan fingerprint density at radius 3 is 2.88 bits per heavy atom. The summed E-state index contributed by atoms with van der Waals surface area (Å²) < 4.78 is 0. The van der Waals surface area contributed by atoms with Gasteiger partial charge in [-0.1, -0.05) is 6.92 Å². The second-order valence-electron chi connectivity index (χ2n) is 4.02. The highest BCUT2D eigenvalue weighted by molar-refractivity contribution is 14.0. The lowest BCUT2D eigenvalue weighted by molar-refractivity contribution is 0.764. The largest absolute Gasteiger partial charge is 0.353 e. The van der Waals surface area contributed by atoms with Crippen molar-refractivity contribution < 1.29 is 0 Å². The monoisotopic (exact) mass is 351 g/mol. The summed E-state index contributed by atoms with van der Waals surface area (Å²) in [7, 11) is 1.82. The average Bonchev–Trinajstić information content (AvgIpc) is 2.74. The van der Waals surface area contributed by atoms with E-state index in [1.54, 1.807) is 11.3 Å². The second-order valence-corrected chi connectivity index (χ2v) is 4.80. The summed E-state index contributed by atoms with van der Waals surface area (Å²) in [6.45, 7) is 3.11. The molecule has 2 atom stereocenters. The molecule has 16 heavy (non-hydrogen) atoms. The van der Waals surface area contributed by atoms with E-state index in [1.165, 1.54) is 12.0 Å². The smallest absolute Gasteiger partial charge is 0.191 e. The van der Waals surface area contributed by atoms with Crippen molar-refractivity contribution >= 4 is 41.3 Å². The molecule has 0 aromatic carbocycles. The molecule has 3 nitrogen and oxygen atoms in total. The fourth-order valence-electron chi connectivity index (χ4n) is 1.47. The zero-order valence-electron chi connectivity index (χ0n) is 9.56. The van der Waals surface area contributed by atoms with Crippen molar-refractivity contribution in [1.82, 2.24) is 10.6 Å². The van der Waals surface area contributed by atoms with E-state index in [4.69, 9.17) is 0 Å². The molecule has 5 heteroatoms. The summed E-state index contributed by atoms with van der Waals surface area (Å²) in [6, 6.07) is 2.75. The summed E-state index contributed by atoms with van der Waals surface area (Å²) in [6.07, 6.45) is 1.26. The van der Waals surface area contributed by atoms with E-state index in [0.717, 1.165) is 18.4 Å². The first-order chi connectivity index (χ1) is 7.29. The molecule has 2 rings (SSSR count). The topological polar surface area (TPSA) is 36.4 Å². The minimum Gasteiger partial charge on any atom is -0.353 e. The van der Waals surface area contributed by atoms with Crippen molar-refractivity contribution in [3.05, 3.63) is 22.4 Å². The number of rotatable bonds is 3. The highest BCUT2D eigenvalue weighted by Crippen LogP contribution is 2.28. The maximum Gasteiger partial charge on any atom is 0.191 e. The number of nitrogens with zero attached hydrogens (tertiary/aromatic N) is 1. The quantitative estimate of drug-likeness (QED) is 0.499. The number of aliphatic imine (C=N–C) groups is 1. The molecule has 0 saturated heterocycles. The molecule has 0 amide bonds. The van der Waals surface area contributed by atoms with Crippen LogP contribution in [0.2, 0.25) is 0 Å². The third kappa shape index (κ3) is 3.93. The van der Waals surface area contributed by atoms with Crippen LogP contribution < -0.4 is 10.6 Å². The predicted octanol–water partition coefficient (Wildman–Crippen LogP) is 2.44. The van der Waals surface area contributed by atoms with Crippen molar-refractivity contribution in [3.8, 4) is 0 Å². The van der Waals surface area contributed by atoms with Gasteiger partial charge in [0.05, 0.1) is 0 Å². The number of thiophene rings is 1. The highest BCUT2D eigenvalue weighted by atomic mass is 127. The van der Waals surface area contributed by atoms with E-state index in [9.17, 15) is 0 Å². The highest BCUT2D eigenvalue weighted by Gasteiger charge is 2.33. The van der Waals surface area contributed by atoms with Crippen LogP contribution in [0.4, 0.5) is 0 Å². The van der Waals surface area contributed by atoms with Crippen molar-refractivity contribution in [3.63, 3.8) is 0 Å². The van der Waals surface area contributed by atoms with Crippen molar-refractivity contribution in [2.75, 3.05) is 7.05 Å². The number of nitrogens with one attached hydrogen (secondary N) is 2. The van der Waals surface area contributed by atoms with E-state index >= 15 is 0 Å². The first-order valence-corrected chi connectivity index (χ1v) is 6.22. The minimum absolute atomic E-state index is 0. The summed E-state index contributed by atoms with van der Waals surface area (Å²) in [5, 5.41) is 11.0. The third-order valence-corrected chi connectivity index (χ3v) is 3.43. The van der Waals surface area contributed by atoms with E-state index in [2.05, 4.69) is 39.4 Å². The Bertz CT molecular complexity index is 337. The molecule has 1 saturated carbocycles. The van der Waals surface area contributed by atoms with E-state index < -0.39 is 0 Å². The van der Waals surface area contributed by atoms with Crippen LogP contribution in [0, 0.1) is 5.92 Å². The van der Waals surface area contributed by atoms with Gasteiger partial charge in [0, 0.05) is 19.6 Å². The summed E-state index contributed by atoms with van der Waals surface area (Å²) in [5.74, 6) is 1.71. The molecular weight excluding hydrogens is 333 g/mol. The molecule has 0 bridgehead atoms. The molecule has 90 valence electrons. The SMILES string of the molecule is CN=C(NCc1ccsc1)NC1CC1C.I. The van der Waals surface area contributed by atoms with Gasteiger partial charge in [-0.3, -0.25) is 4.99 Å². The Kier molecular flexibility index (Phi) is 5.54. The van der Waals surface area contributed by atoms with E-state index in [1.807, 2.05) is 7.05 Å². The van der Waals surface area contributed by atoms with Gasteiger partial charge in [-0.2, -0.15) is 11.3 Å². The van der Waals surface area contributed by atoms with Crippen molar-refractivity contribution in [1.29, 1.82) is 0 Å². The van der Waals surface area contributed by atoms with Gasteiger partial charge < -0.3 is 10.6 Å². The van der Waals surface area contributed by atoms with Crippen LogP contribution >= 0.6 is 35.3 Å².